The first-order valence-electron chi connectivity index (χ1n) is 5.25. The molecule has 0 N–H and O–H groups in total. The minimum atomic E-state index is -0.656. The van der Waals surface area contributed by atoms with Gasteiger partial charge in [0.25, 0.3) is 5.69 Å². The summed E-state index contributed by atoms with van der Waals surface area (Å²) in [6.07, 6.45) is 1.78. The van der Waals surface area contributed by atoms with Crippen molar-refractivity contribution in [1.29, 1.82) is 0 Å². The van der Waals surface area contributed by atoms with E-state index in [0.717, 1.165) is 6.07 Å². The third-order valence-corrected chi connectivity index (χ3v) is 3.01. The van der Waals surface area contributed by atoms with Gasteiger partial charge in [-0.15, -0.1) is 0 Å². The third-order valence-electron chi connectivity index (χ3n) is 3.01. The molecule has 0 unspecified atom stereocenters. The predicted molar refractivity (Wildman–Crippen MR) is 59.4 cm³/mol. The lowest BCUT2D eigenvalue weighted by Gasteiger charge is -2.31. The zero-order valence-electron chi connectivity index (χ0n) is 9.22. The summed E-state index contributed by atoms with van der Waals surface area (Å²) in [5.74, 6) is -0.643. The topological polar surface area (TPSA) is 63.5 Å². The molecule has 90 valence electrons. The number of nitro benzene ring substituents is 1. The number of carbonyl (C=O) groups is 1. The molecule has 0 saturated carbocycles. The van der Waals surface area contributed by atoms with Gasteiger partial charge in [0.1, 0.15) is 11.5 Å². The summed E-state index contributed by atoms with van der Waals surface area (Å²) in [5.41, 5.74) is 0.394. The summed E-state index contributed by atoms with van der Waals surface area (Å²) in [7, 11) is 0. The molecule has 1 aromatic rings. The quantitative estimate of drug-likeness (QED) is 0.450. The number of rotatable bonds is 2. The van der Waals surface area contributed by atoms with Gasteiger partial charge in [0.05, 0.1) is 11.0 Å². The number of nitro groups is 1. The lowest BCUT2D eigenvalue weighted by Crippen LogP contribution is -2.36. The SMILES string of the molecule is C[C@H]1CCc2cc(F)cc([N+](=O)[O-])c2N1C=O. The van der Waals surface area contributed by atoms with Crippen molar-refractivity contribution in [3.05, 3.63) is 33.6 Å². The second-order valence-electron chi connectivity index (χ2n) is 4.09. The second kappa shape index (κ2) is 4.12. The van der Waals surface area contributed by atoms with Crippen molar-refractivity contribution in [3.63, 3.8) is 0 Å². The molecule has 1 amide bonds. The number of nitrogens with zero attached hydrogens (tertiary/aromatic N) is 2. The highest BCUT2D eigenvalue weighted by Gasteiger charge is 2.31. The van der Waals surface area contributed by atoms with Gasteiger partial charge in [-0.05, 0) is 31.4 Å². The maximum absolute atomic E-state index is 13.2. The lowest BCUT2D eigenvalue weighted by atomic mass is 9.96. The maximum atomic E-state index is 13.2. The maximum Gasteiger partial charge on any atom is 0.296 e. The van der Waals surface area contributed by atoms with Crippen LogP contribution in [0.2, 0.25) is 0 Å². The average Bonchev–Trinajstić information content (AvgIpc) is 2.28. The molecule has 2 rings (SSSR count). The zero-order chi connectivity index (χ0) is 12.6. The Morgan fingerprint density at radius 2 is 2.29 bits per heavy atom. The molecule has 1 heterocycles. The predicted octanol–water partition coefficient (Wildman–Crippen LogP) is 2.03. The van der Waals surface area contributed by atoms with E-state index in [4.69, 9.17) is 0 Å². The van der Waals surface area contributed by atoms with E-state index < -0.39 is 10.7 Å². The summed E-state index contributed by atoms with van der Waals surface area (Å²) < 4.78 is 13.2. The Balaban J connectivity index is 2.66. The van der Waals surface area contributed by atoms with E-state index in [0.29, 0.717) is 24.8 Å². The fraction of sp³-hybridized carbons (Fsp3) is 0.364. The lowest BCUT2D eigenvalue weighted by molar-refractivity contribution is -0.384. The van der Waals surface area contributed by atoms with E-state index in [1.54, 1.807) is 0 Å². The number of hydrogen-bond acceptors (Lipinski definition) is 3. The van der Waals surface area contributed by atoms with Crippen LogP contribution < -0.4 is 4.90 Å². The highest BCUT2D eigenvalue weighted by molar-refractivity contribution is 5.84. The van der Waals surface area contributed by atoms with Crippen LogP contribution in [0, 0.1) is 15.9 Å². The molecule has 17 heavy (non-hydrogen) atoms. The van der Waals surface area contributed by atoms with Crippen LogP contribution in [0.1, 0.15) is 18.9 Å². The molecular weight excluding hydrogens is 227 g/mol. The molecule has 0 bridgehead atoms. The fourth-order valence-electron chi connectivity index (χ4n) is 2.15. The van der Waals surface area contributed by atoms with Crippen molar-refractivity contribution >= 4 is 17.8 Å². The molecule has 1 aromatic carbocycles. The number of hydrogen-bond donors (Lipinski definition) is 0. The smallest absolute Gasteiger partial charge is 0.296 e. The molecular formula is C11H11FN2O3. The first-order valence-corrected chi connectivity index (χ1v) is 5.25. The van der Waals surface area contributed by atoms with Crippen LogP contribution in [-0.4, -0.2) is 17.4 Å². The Labute approximate surface area is 97.0 Å². The van der Waals surface area contributed by atoms with Crippen molar-refractivity contribution < 1.29 is 14.1 Å². The normalized spacial score (nSPS) is 18.7. The largest absolute Gasteiger partial charge is 0.306 e. The van der Waals surface area contributed by atoms with Gasteiger partial charge in [-0.25, -0.2) is 4.39 Å². The van der Waals surface area contributed by atoms with E-state index in [2.05, 4.69) is 0 Å². The Morgan fingerprint density at radius 3 is 2.88 bits per heavy atom. The summed E-state index contributed by atoms with van der Waals surface area (Å²) in [4.78, 5) is 22.5. The molecule has 0 fully saturated rings. The molecule has 5 nitrogen and oxygen atoms in total. The Morgan fingerprint density at radius 1 is 1.59 bits per heavy atom. The van der Waals surface area contributed by atoms with Gasteiger partial charge < -0.3 is 4.90 Å². The van der Waals surface area contributed by atoms with Crippen LogP contribution in [-0.2, 0) is 11.2 Å². The third kappa shape index (κ3) is 1.86. The van der Waals surface area contributed by atoms with Crippen molar-refractivity contribution in [2.24, 2.45) is 0 Å². The number of fused-ring (bicyclic) bond motifs is 1. The Kier molecular flexibility index (Phi) is 2.79. The molecule has 1 aliphatic heterocycles. The van der Waals surface area contributed by atoms with Gasteiger partial charge in [-0.3, -0.25) is 14.9 Å². The van der Waals surface area contributed by atoms with Crippen molar-refractivity contribution in [1.82, 2.24) is 0 Å². The molecule has 1 aliphatic rings. The van der Waals surface area contributed by atoms with Crippen LogP contribution in [0.5, 0.6) is 0 Å². The number of halogens is 1. The van der Waals surface area contributed by atoms with E-state index in [9.17, 15) is 19.3 Å². The fourth-order valence-corrected chi connectivity index (χ4v) is 2.15. The highest BCUT2D eigenvalue weighted by Crippen LogP contribution is 2.38. The van der Waals surface area contributed by atoms with Gasteiger partial charge in [0.2, 0.25) is 6.41 Å². The van der Waals surface area contributed by atoms with Gasteiger partial charge >= 0.3 is 0 Å². The number of aryl methyl sites for hydroxylation is 1. The van der Waals surface area contributed by atoms with E-state index >= 15 is 0 Å². The van der Waals surface area contributed by atoms with Gasteiger partial charge in [0, 0.05) is 6.04 Å². The summed E-state index contributed by atoms with van der Waals surface area (Å²) in [6, 6.07) is 2.00. The van der Waals surface area contributed by atoms with E-state index in [1.807, 2.05) is 6.92 Å². The summed E-state index contributed by atoms with van der Waals surface area (Å²) >= 11 is 0. The van der Waals surface area contributed by atoms with Crippen LogP contribution >= 0.6 is 0 Å². The van der Waals surface area contributed by atoms with Crippen LogP contribution in [0.25, 0.3) is 0 Å². The minimum Gasteiger partial charge on any atom is -0.306 e. The van der Waals surface area contributed by atoms with Crippen LogP contribution in [0.15, 0.2) is 12.1 Å². The number of amides is 1. The minimum absolute atomic E-state index is 0.107. The van der Waals surface area contributed by atoms with Gasteiger partial charge in [0.15, 0.2) is 0 Å². The molecule has 0 saturated heterocycles. The average molecular weight is 238 g/mol. The van der Waals surface area contributed by atoms with Crippen LogP contribution in [0.3, 0.4) is 0 Å². The molecule has 0 aromatic heterocycles. The molecule has 0 radical (unpaired) electrons. The summed E-state index contributed by atoms with van der Waals surface area (Å²) in [6.45, 7) is 1.81. The van der Waals surface area contributed by atoms with Crippen molar-refractivity contribution in [3.8, 4) is 0 Å². The molecule has 1 atom stereocenters. The summed E-state index contributed by atoms with van der Waals surface area (Å²) in [5, 5.41) is 10.9. The monoisotopic (exact) mass is 238 g/mol. The number of carbonyl (C=O) groups excluding carboxylic acids is 1. The molecule has 0 aliphatic carbocycles. The van der Waals surface area contributed by atoms with Crippen molar-refractivity contribution in [2.75, 3.05) is 4.90 Å². The number of anilines is 1. The van der Waals surface area contributed by atoms with Crippen molar-refractivity contribution in [2.45, 2.75) is 25.8 Å². The van der Waals surface area contributed by atoms with Gasteiger partial charge in [-0.1, -0.05) is 0 Å². The first kappa shape index (κ1) is 11.5. The number of benzene rings is 1. The second-order valence-corrected chi connectivity index (χ2v) is 4.09. The Hall–Kier alpha value is -1.98. The van der Waals surface area contributed by atoms with E-state index in [1.165, 1.54) is 11.0 Å². The highest BCUT2D eigenvalue weighted by atomic mass is 19.1. The zero-order valence-corrected chi connectivity index (χ0v) is 9.22. The van der Waals surface area contributed by atoms with Crippen LogP contribution in [0.4, 0.5) is 15.8 Å². The Bertz CT molecular complexity index is 490. The standard InChI is InChI=1S/C11H11FN2O3/c1-7-2-3-8-4-9(12)5-10(14(16)17)11(8)13(7)6-15/h4-7H,2-3H2,1H3/t7-/m0/s1. The van der Waals surface area contributed by atoms with E-state index in [-0.39, 0.29) is 17.4 Å². The van der Waals surface area contributed by atoms with Gasteiger partial charge in [-0.2, -0.15) is 0 Å². The molecule has 0 spiro atoms. The first-order chi connectivity index (χ1) is 8.04. The molecule has 6 heteroatoms.